The van der Waals surface area contributed by atoms with Crippen LogP contribution in [0.25, 0.3) is 11.1 Å². The molecule has 1 fully saturated rings. The fraction of sp³-hybridized carbons (Fsp3) is 0.353. The summed E-state index contributed by atoms with van der Waals surface area (Å²) in [6.07, 6.45) is 7.47. The number of primary amides is 1. The molecule has 120 valence electrons. The lowest BCUT2D eigenvalue weighted by atomic mass is 10.1. The molecule has 3 heterocycles. The Morgan fingerprint density at radius 3 is 2.70 bits per heavy atom. The molecular weight excluding hydrogens is 292 g/mol. The molecule has 2 aromatic heterocycles. The summed E-state index contributed by atoms with van der Waals surface area (Å²) in [5, 5.41) is 1.62. The molecule has 6 heteroatoms. The first-order chi connectivity index (χ1) is 11.2. The summed E-state index contributed by atoms with van der Waals surface area (Å²) >= 11 is 0. The fourth-order valence-electron chi connectivity index (χ4n) is 2.87. The maximum atomic E-state index is 12.3. The monoisotopic (exact) mass is 313 g/mol. The number of rotatable bonds is 5. The second-order valence-corrected chi connectivity index (χ2v) is 5.77. The maximum Gasteiger partial charge on any atom is 0.348 e. The van der Waals surface area contributed by atoms with Crippen LogP contribution in [-0.4, -0.2) is 47.0 Å². The number of likely N-dealkylation sites (tertiary alicyclic amines) is 1. The van der Waals surface area contributed by atoms with Gasteiger partial charge in [-0.2, -0.15) is 0 Å². The van der Waals surface area contributed by atoms with E-state index in [1.165, 1.54) is 12.8 Å². The molecule has 0 spiro atoms. The van der Waals surface area contributed by atoms with E-state index in [9.17, 15) is 9.59 Å². The number of amides is 1. The summed E-state index contributed by atoms with van der Waals surface area (Å²) in [6.45, 7) is 3.78. The highest BCUT2D eigenvalue weighted by Crippen LogP contribution is 2.16. The van der Waals surface area contributed by atoms with Crippen molar-refractivity contribution in [2.75, 3.05) is 26.2 Å². The second kappa shape index (κ2) is 7.30. The van der Waals surface area contributed by atoms with Gasteiger partial charge in [0, 0.05) is 25.1 Å². The molecule has 0 aromatic carbocycles. The Kier molecular flexibility index (Phi) is 4.95. The topological polar surface area (TPSA) is 82.7 Å². The molecule has 6 nitrogen and oxygen atoms in total. The van der Waals surface area contributed by atoms with E-state index in [4.69, 9.17) is 0 Å². The van der Waals surface area contributed by atoms with E-state index in [-0.39, 0.29) is 17.0 Å². The van der Waals surface area contributed by atoms with E-state index >= 15 is 0 Å². The normalized spacial score (nSPS) is 15.0. The van der Waals surface area contributed by atoms with Crippen molar-refractivity contribution in [2.24, 2.45) is 0 Å². The van der Waals surface area contributed by atoms with E-state index in [0.717, 1.165) is 30.8 Å². The van der Waals surface area contributed by atoms with Gasteiger partial charge < -0.3 is 4.98 Å². The Morgan fingerprint density at radius 1 is 1.22 bits per heavy atom. The minimum absolute atomic E-state index is 0.195. The van der Waals surface area contributed by atoms with Crippen LogP contribution < -0.4 is 10.9 Å². The molecule has 3 rings (SSSR count). The zero-order chi connectivity index (χ0) is 16.1. The molecular formula is C17H21N4O2+. The molecule has 0 unspecified atom stereocenters. The van der Waals surface area contributed by atoms with Gasteiger partial charge in [-0.1, -0.05) is 0 Å². The average molecular weight is 313 g/mol. The summed E-state index contributed by atoms with van der Waals surface area (Å²) in [6, 6.07) is 5.35. The van der Waals surface area contributed by atoms with Crippen LogP contribution in [0.2, 0.25) is 0 Å². The number of carbonyl (C=O) groups excluding carboxylic acids is 1. The quantitative estimate of drug-likeness (QED) is 0.828. The Morgan fingerprint density at radius 2 is 1.96 bits per heavy atom. The number of aromatic nitrogens is 2. The Hall–Kier alpha value is -2.31. The number of nitrogens with one attached hydrogen (secondary N) is 1. The highest BCUT2D eigenvalue weighted by molar-refractivity contribution is 5.87. The standard InChI is InChI=1S/C17H20N4O2/c22-16(19-7-10-21-8-1-2-9-21)15-11-14(12-20-17(15)23)13-3-5-18-6-4-13/h3-6,11-12H,1-2,7-10H2,(H,19,22)(H,20,23)/p+1. The van der Waals surface area contributed by atoms with E-state index in [0.29, 0.717) is 6.54 Å². The van der Waals surface area contributed by atoms with Crippen molar-refractivity contribution in [3.8, 4) is 11.1 Å². The Labute approximate surface area is 134 Å². The predicted molar refractivity (Wildman–Crippen MR) is 87.1 cm³/mol. The molecule has 0 saturated carbocycles. The van der Waals surface area contributed by atoms with Crippen molar-refractivity contribution in [3.63, 3.8) is 0 Å². The van der Waals surface area contributed by atoms with Gasteiger partial charge in [0.1, 0.15) is 5.56 Å². The van der Waals surface area contributed by atoms with Crippen LogP contribution in [0.15, 0.2) is 41.6 Å². The van der Waals surface area contributed by atoms with Gasteiger partial charge in [-0.3, -0.25) is 20.0 Å². The first kappa shape index (κ1) is 15.6. The molecule has 0 bridgehead atoms. The average Bonchev–Trinajstić information content (AvgIpc) is 3.09. The van der Waals surface area contributed by atoms with Crippen LogP contribution in [0, 0.1) is 0 Å². The highest BCUT2D eigenvalue weighted by Gasteiger charge is 2.17. The lowest BCUT2D eigenvalue weighted by molar-refractivity contribution is -0.555. The van der Waals surface area contributed by atoms with Crippen molar-refractivity contribution < 1.29 is 10.1 Å². The Bertz CT molecular complexity index is 721. The predicted octanol–water partition coefficient (Wildman–Crippen LogP) is 0.236. The van der Waals surface area contributed by atoms with Crippen LogP contribution >= 0.6 is 0 Å². The number of pyridine rings is 2. The van der Waals surface area contributed by atoms with Gasteiger partial charge in [-0.05, 0) is 55.3 Å². The minimum Gasteiger partial charge on any atom is -0.328 e. The number of nitrogens with zero attached hydrogens (tertiary/aromatic N) is 2. The molecule has 0 aliphatic carbocycles. The molecule has 1 aliphatic rings. The van der Waals surface area contributed by atoms with Gasteiger partial charge in [-0.25, -0.2) is 4.79 Å². The molecule has 3 N–H and O–H groups in total. The summed E-state index contributed by atoms with van der Waals surface area (Å²) in [7, 11) is 0. The van der Waals surface area contributed by atoms with Gasteiger partial charge in [0.2, 0.25) is 0 Å². The number of aromatic amines is 1. The van der Waals surface area contributed by atoms with Crippen molar-refractivity contribution in [1.29, 1.82) is 0 Å². The van der Waals surface area contributed by atoms with Crippen LogP contribution in [0.3, 0.4) is 0 Å². The number of carbonyl (C=O) groups is 1. The van der Waals surface area contributed by atoms with Crippen LogP contribution in [0.5, 0.6) is 0 Å². The second-order valence-electron chi connectivity index (χ2n) is 5.77. The lowest BCUT2D eigenvalue weighted by Gasteiger charge is -2.12. The van der Waals surface area contributed by atoms with Crippen molar-refractivity contribution in [1.82, 2.24) is 14.9 Å². The number of hydrogen-bond acceptors (Lipinski definition) is 4. The van der Waals surface area contributed by atoms with Crippen molar-refractivity contribution in [3.05, 3.63) is 52.7 Å². The molecule has 1 saturated heterocycles. The number of nitrogens with two attached hydrogens (primary N) is 1. The molecule has 23 heavy (non-hydrogen) atoms. The largest absolute Gasteiger partial charge is 0.348 e. The molecule has 0 atom stereocenters. The Balaban J connectivity index is 1.68. The zero-order valence-electron chi connectivity index (χ0n) is 13.0. The molecule has 1 aliphatic heterocycles. The van der Waals surface area contributed by atoms with Crippen LogP contribution in [0.4, 0.5) is 0 Å². The smallest absolute Gasteiger partial charge is 0.328 e. The van der Waals surface area contributed by atoms with Gasteiger partial charge in [0.15, 0.2) is 0 Å². The molecule has 1 amide bonds. The van der Waals surface area contributed by atoms with Crippen molar-refractivity contribution >= 4 is 5.91 Å². The van der Waals surface area contributed by atoms with Crippen LogP contribution in [0.1, 0.15) is 23.2 Å². The number of H-pyrrole nitrogens is 1. The number of hydrogen-bond donors (Lipinski definition) is 2. The van der Waals surface area contributed by atoms with Crippen LogP contribution in [-0.2, 0) is 0 Å². The lowest BCUT2D eigenvalue weighted by Crippen LogP contribution is -2.89. The molecule has 2 aromatic rings. The van der Waals surface area contributed by atoms with Crippen molar-refractivity contribution in [2.45, 2.75) is 12.8 Å². The van der Waals surface area contributed by atoms with Gasteiger partial charge >= 0.3 is 5.91 Å². The maximum absolute atomic E-state index is 12.3. The first-order valence-electron chi connectivity index (χ1n) is 7.97. The van der Waals surface area contributed by atoms with Gasteiger partial charge in [-0.15, -0.1) is 0 Å². The minimum atomic E-state index is -0.342. The van der Waals surface area contributed by atoms with Gasteiger partial charge in [0.25, 0.3) is 5.56 Å². The third kappa shape index (κ3) is 3.91. The summed E-state index contributed by atoms with van der Waals surface area (Å²) in [4.78, 5) is 33.2. The highest BCUT2D eigenvalue weighted by atomic mass is 16.2. The summed E-state index contributed by atoms with van der Waals surface area (Å²) in [5.74, 6) is -0.207. The van der Waals surface area contributed by atoms with E-state index in [1.807, 2.05) is 12.1 Å². The summed E-state index contributed by atoms with van der Waals surface area (Å²) < 4.78 is 0. The van der Waals surface area contributed by atoms with E-state index < -0.39 is 0 Å². The third-order valence-electron chi connectivity index (χ3n) is 4.16. The van der Waals surface area contributed by atoms with E-state index in [2.05, 4.69) is 14.9 Å². The first-order valence-corrected chi connectivity index (χ1v) is 7.97. The van der Waals surface area contributed by atoms with Gasteiger partial charge in [0.05, 0.1) is 6.54 Å². The SMILES string of the molecule is O=C([NH2+]CCN1CCCC1)c1cc(-c2ccncc2)c[nH]c1=O. The molecule has 0 radical (unpaired) electrons. The summed E-state index contributed by atoms with van der Waals surface area (Å²) in [5.41, 5.74) is 1.58. The zero-order valence-corrected chi connectivity index (χ0v) is 13.0. The third-order valence-corrected chi connectivity index (χ3v) is 4.16. The fourth-order valence-corrected chi connectivity index (χ4v) is 2.87. The van der Waals surface area contributed by atoms with E-state index in [1.54, 1.807) is 30.0 Å². The number of quaternary nitrogens is 1.